The summed E-state index contributed by atoms with van der Waals surface area (Å²) in [6.45, 7) is 0. The van der Waals surface area contributed by atoms with Crippen molar-refractivity contribution in [3.05, 3.63) is 0 Å². The zero-order chi connectivity index (χ0) is 5.11. The Bertz CT molecular complexity index is 53.0. The van der Waals surface area contributed by atoms with Crippen molar-refractivity contribution < 1.29 is 20.4 Å². The van der Waals surface area contributed by atoms with Crippen LogP contribution in [0.1, 0.15) is 0 Å². The third-order valence-corrected chi connectivity index (χ3v) is 10.2. The van der Waals surface area contributed by atoms with Crippen LogP contribution in [0.25, 0.3) is 0 Å². The molecule has 1 saturated heterocycles. The first-order chi connectivity index (χ1) is 3.39. The van der Waals surface area contributed by atoms with Crippen LogP contribution in [0.2, 0.25) is 0 Å². The molecule has 56 valence electrons. The molecule has 0 bridgehead atoms. The number of hydrogen-bond acceptors (Lipinski definition) is 4. The van der Waals surface area contributed by atoms with Gasteiger partial charge >= 0.3 is 70.0 Å². The summed E-state index contributed by atoms with van der Waals surface area (Å²) >= 11 is -3.87. The molecule has 9 heavy (non-hydrogen) atoms. The molecule has 6 nitrogen and oxygen atoms in total. The Morgan fingerprint density at radius 1 is 1.11 bits per heavy atom. The van der Waals surface area contributed by atoms with Gasteiger partial charge in [0.1, 0.15) is 0 Å². The fourth-order valence-corrected chi connectivity index (χ4v) is 13.1. The molecule has 1 aliphatic rings. The van der Waals surface area contributed by atoms with Crippen molar-refractivity contribution in [3.63, 3.8) is 0 Å². The zero-order valence-corrected chi connectivity index (χ0v) is 11.0. The minimum atomic E-state index is -2.14. The SMILES string of the molecule is O.O.O[As]1[O][Sb][O][Sb][O]1. The topological polar surface area (TPSA) is 111 Å². The molecule has 1 fully saturated rings. The quantitative estimate of drug-likeness (QED) is 0.410. The Balaban J connectivity index is 0. The summed E-state index contributed by atoms with van der Waals surface area (Å²) in [5.41, 5.74) is 0. The molecule has 0 aromatic heterocycles. The standard InChI is InChI=1S/AsHO3.2H2O.O.2Sb/c2-1(3)4;;;;;/h2H;2*1H2;;;/q-2;;;;2*+1. The van der Waals surface area contributed by atoms with Crippen molar-refractivity contribution in [3.8, 4) is 0 Å². The average molecular weight is 419 g/mol. The van der Waals surface area contributed by atoms with Gasteiger partial charge in [-0.3, -0.25) is 0 Å². The van der Waals surface area contributed by atoms with Crippen molar-refractivity contribution in [2.45, 2.75) is 0 Å². The van der Waals surface area contributed by atoms with Crippen LogP contribution in [0, 0.1) is 0 Å². The van der Waals surface area contributed by atoms with Gasteiger partial charge in [0, 0.05) is 0 Å². The van der Waals surface area contributed by atoms with Gasteiger partial charge < -0.3 is 11.0 Å². The fourth-order valence-electron chi connectivity index (χ4n) is 0.115. The van der Waals surface area contributed by atoms with Gasteiger partial charge in [0.2, 0.25) is 0 Å². The summed E-state index contributed by atoms with van der Waals surface area (Å²) in [4.78, 5) is 0. The van der Waals surface area contributed by atoms with Gasteiger partial charge in [-0.1, -0.05) is 0 Å². The molecule has 0 unspecified atom stereocenters. The van der Waals surface area contributed by atoms with Crippen LogP contribution in [0.3, 0.4) is 0 Å². The first-order valence-electron chi connectivity index (χ1n) is 1.30. The second kappa shape index (κ2) is 8.06. The molecule has 1 rings (SSSR count). The van der Waals surface area contributed by atoms with E-state index in [0.29, 0.717) is 0 Å². The van der Waals surface area contributed by atoms with E-state index in [1.54, 1.807) is 0 Å². The average Bonchev–Trinajstić information content (AvgIpc) is 1.69. The molecule has 0 saturated carbocycles. The fraction of sp³-hybridized carbons (Fsp3) is 0. The van der Waals surface area contributed by atoms with Crippen molar-refractivity contribution in [2.75, 3.05) is 0 Å². The van der Waals surface area contributed by atoms with Crippen LogP contribution in [0.5, 0.6) is 0 Å². The normalized spacial score (nSPS) is 19.7. The molecule has 5 N–H and O–H groups in total. The maximum atomic E-state index is 8.61. The van der Waals surface area contributed by atoms with Gasteiger partial charge in [-0.2, -0.15) is 0 Å². The van der Waals surface area contributed by atoms with Gasteiger partial charge in [0.25, 0.3) is 0 Å². The predicted octanol–water partition coefficient (Wildman–Crippen LogP) is -3.55. The van der Waals surface area contributed by atoms with Crippen LogP contribution in [-0.2, 0) is 5.30 Å². The third-order valence-electron chi connectivity index (χ3n) is 0.273. The second-order valence-corrected chi connectivity index (χ2v) is 11.6. The molecule has 1 heterocycles. The van der Waals surface area contributed by atoms with Crippen LogP contribution < -0.4 is 0 Å². The molecule has 0 atom stereocenters. The molecule has 0 amide bonds. The van der Waals surface area contributed by atoms with Crippen LogP contribution >= 0.6 is 0 Å². The second-order valence-electron chi connectivity index (χ2n) is 0.632. The first kappa shape index (κ1) is 13.5. The molecular formula is H5AsO6Sb2. The summed E-state index contributed by atoms with van der Waals surface area (Å²) in [5.74, 6) is 0. The van der Waals surface area contributed by atoms with Gasteiger partial charge in [-0.05, 0) is 0 Å². The molecule has 0 spiro atoms. The van der Waals surface area contributed by atoms with E-state index in [9.17, 15) is 0 Å². The van der Waals surface area contributed by atoms with Gasteiger partial charge in [-0.15, -0.1) is 0 Å². The van der Waals surface area contributed by atoms with Crippen LogP contribution in [-0.4, -0.2) is 75.6 Å². The van der Waals surface area contributed by atoms with E-state index in [-0.39, 0.29) is 11.0 Å². The number of rotatable bonds is 0. The van der Waals surface area contributed by atoms with Gasteiger partial charge in [-0.25, -0.2) is 0 Å². The Labute approximate surface area is 80.1 Å². The summed E-state index contributed by atoms with van der Waals surface area (Å²) in [5, 5.41) is 0. The molecule has 0 aromatic rings. The summed E-state index contributed by atoms with van der Waals surface area (Å²) in [6, 6.07) is 0. The minimum absolute atomic E-state index is 0. The molecule has 0 aromatic carbocycles. The van der Waals surface area contributed by atoms with Crippen molar-refractivity contribution in [2.24, 2.45) is 0 Å². The molecule has 0 aliphatic carbocycles. The van der Waals surface area contributed by atoms with Gasteiger partial charge in [0.15, 0.2) is 0 Å². The zero-order valence-electron chi connectivity index (χ0n) is 4.01. The van der Waals surface area contributed by atoms with Gasteiger partial charge in [0.05, 0.1) is 0 Å². The van der Waals surface area contributed by atoms with E-state index >= 15 is 0 Å². The Hall–Kier alpha value is 1.95. The summed E-state index contributed by atoms with van der Waals surface area (Å²) in [7, 11) is 0. The van der Waals surface area contributed by atoms with E-state index in [2.05, 4.69) is 0 Å². The van der Waals surface area contributed by atoms with E-state index in [0.717, 1.165) is 0 Å². The van der Waals surface area contributed by atoms with E-state index in [1.165, 1.54) is 0 Å². The Morgan fingerprint density at radius 3 is 1.78 bits per heavy atom. The molecular weight excluding hydrogens is 414 g/mol. The van der Waals surface area contributed by atoms with E-state index in [1.807, 2.05) is 0 Å². The molecule has 9 heteroatoms. The van der Waals surface area contributed by atoms with E-state index < -0.39 is 60.6 Å². The first-order valence-corrected chi connectivity index (χ1v) is 7.84. The monoisotopic (exact) mass is 418 g/mol. The number of hydrogen-bond donors (Lipinski definition) is 1. The molecule has 2 radical (unpaired) electrons. The predicted molar refractivity (Wildman–Crippen MR) is 30.0 cm³/mol. The molecule has 1 aliphatic heterocycles. The third kappa shape index (κ3) is 6.36. The van der Waals surface area contributed by atoms with Crippen LogP contribution in [0.4, 0.5) is 0 Å². The maximum absolute atomic E-state index is 8.61. The van der Waals surface area contributed by atoms with Crippen molar-refractivity contribution in [1.82, 2.24) is 0 Å². The summed E-state index contributed by atoms with van der Waals surface area (Å²) in [6.07, 6.45) is 0. The van der Waals surface area contributed by atoms with Crippen molar-refractivity contribution >= 4 is 60.6 Å². The summed E-state index contributed by atoms with van der Waals surface area (Å²) < 4.78 is 22.9. The van der Waals surface area contributed by atoms with Crippen molar-refractivity contribution in [1.29, 1.82) is 0 Å². The van der Waals surface area contributed by atoms with Crippen LogP contribution in [0.15, 0.2) is 0 Å². The Morgan fingerprint density at radius 2 is 1.56 bits per heavy atom. The Kier molecular flexibility index (Phi) is 12.1. The van der Waals surface area contributed by atoms with E-state index in [4.69, 9.17) is 9.40 Å².